The SMILES string of the molecule is CCC(CC)C(=O)NCCNS(=O)(=O)c1cc(C)c(C)cc1OC. The van der Waals surface area contributed by atoms with Crippen LogP contribution in [-0.4, -0.2) is 34.5 Å². The van der Waals surface area contributed by atoms with E-state index >= 15 is 0 Å². The van der Waals surface area contributed by atoms with Gasteiger partial charge in [0.1, 0.15) is 10.6 Å². The Morgan fingerprint density at radius 1 is 1.12 bits per heavy atom. The van der Waals surface area contributed by atoms with E-state index in [1.165, 1.54) is 7.11 Å². The zero-order valence-electron chi connectivity index (χ0n) is 15.1. The molecule has 1 rings (SSSR count). The highest BCUT2D eigenvalue weighted by Crippen LogP contribution is 2.26. The van der Waals surface area contributed by atoms with Crippen molar-refractivity contribution in [1.29, 1.82) is 0 Å². The van der Waals surface area contributed by atoms with E-state index in [4.69, 9.17) is 4.74 Å². The summed E-state index contributed by atoms with van der Waals surface area (Å²) in [6.07, 6.45) is 1.54. The molecule has 6 nitrogen and oxygen atoms in total. The third-order valence-corrected chi connectivity index (χ3v) is 5.62. The van der Waals surface area contributed by atoms with Crippen molar-refractivity contribution >= 4 is 15.9 Å². The Kier molecular flexibility index (Phi) is 7.69. The summed E-state index contributed by atoms with van der Waals surface area (Å²) in [4.78, 5) is 12.0. The van der Waals surface area contributed by atoms with Gasteiger partial charge in [0.25, 0.3) is 0 Å². The van der Waals surface area contributed by atoms with Crippen LogP contribution in [0.15, 0.2) is 17.0 Å². The molecule has 0 aromatic heterocycles. The Bertz CT molecular complexity index is 667. The van der Waals surface area contributed by atoms with E-state index < -0.39 is 10.0 Å². The first-order valence-corrected chi connectivity index (χ1v) is 9.67. The van der Waals surface area contributed by atoms with Crippen LogP contribution in [0.25, 0.3) is 0 Å². The summed E-state index contributed by atoms with van der Waals surface area (Å²) in [6.45, 7) is 8.05. The largest absolute Gasteiger partial charge is 0.495 e. The number of sulfonamides is 1. The topological polar surface area (TPSA) is 84.5 Å². The first-order valence-electron chi connectivity index (χ1n) is 8.19. The second kappa shape index (κ2) is 9.03. The lowest BCUT2D eigenvalue weighted by Gasteiger charge is -2.15. The monoisotopic (exact) mass is 356 g/mol. The molecule has 24 heavy (non-hydrogen) atoms. The Morgan fingerprint density at radius 3 is 2.25 bits per heavy atom. The van der Waals surface area contributed by atoms with Gasteiger partial charge in [-0.2, -0.15) is 0 Å². The van der Waals surface area contributed by atoms with E-state index in [1.807, 2.05) is 27.7 Å². The van der Waals surface area contributed by atoms with E-state index in [0.717, 1.165) is 24.0 Å². The average Bonchev–Trinajstić information content (AvgIpc) is 2.54. The predicted molar refractivity (Wildman–Crippen MR) is 94.7 cm³/mol. The highest BCUT2D eigenvalue weighted by Gasteiger charge is 2.20. The summed E-state index contributed by atoms with van der Waals surface area (Å²) in [5, 5.41) is 2.76. The second-order valence-electron chi connectivity index (χ2n) is 5.79. The summed E-state index contributed by atoms with van der Waals surface area (Å²) in [5.41, 5.74) is 1.83. The number of amides is 1. The van der Waals surface area contributed by atoms with Crippen molar-refractivity contribution in [2.45, 2.75) is 45.4 Å². The van der Waals surface area contributed by atoms with E-state index in [9.17, 15) is 13.2 Å². The molecule has 0 bridgehead atoms. The highest BCUT2D eigenvalue weighted by atomic mass is 32.2. The van der Waals surface area contributed by atoms with E-state index in [-0.39, 0.29) is 29.8 Å². The summed E-state index contributed by atoms with van der Waals surface area (Å²) in [6, 6.07) is 3.30. The number of aryl methyl sites for hydroxylation is 2. The molecule has 0 aliphatic carbocycles. The van der Waals surface area contributed by atoms with Gasteiger partial charge in [0.05, 0.1) is 7.11 Å². The molecule has 0 heterocycles. The molecule has 1 aromatic rings. The number of carbonyl (C=O) groups is 1. The molecule has 0 saturated heterocycles. The molecule has 136 valence electrons. The number of ether oxygens (including phenoxy) is 1. The molecular formula is C17H28N2O4S. The van der Waals surface area contributed by atoms with Crippen LogP contribution < -0.4 is 14.8 Å². The number of hydrogen-bond acceptors (Lipinski definition) is 4. The van der Waals surface area contributed by atoms with Crippen molar-refractivity contribution in [1.82, 2.24) is 10.0 Å². The van der Waals surface area contributed by atoms with E-state index in [2.05, 4.69) is 10.0 Å². The third-order valence-electron chi connectivity index (χ3n) is 4.14. The zero-order chi connectivity index (χ0) is 18.3. The maximum Gasteiger partial charge on any atom is 0.244 e. The Morgan fingerprint density at radius 2 is 1.71 bits per heavy atom. The molecule has 1 amide bonds. The van der Waals surface area contributed by atoms with Crippen LogP contribution in [0.2, 0.25) is 0 Å². The quantitative estimate of drug-likeness (QED) is 0.664. The maximum absolute atomic E-state index is 12.5. The minimum atomic E-state index is -3.70. The molecule has 1 aromatic carbocycles. The molecule has 7 heteroatoms. The number of nitrogens with one attached hydrogen (secondary N) is 2. The van der Waals surface area contributed by atoms with Gasteiger partial charge in [0, 0.05) is 19.0 Å². The van der Waals surface area contributed by atoms with Gasteiger partial charge in [-0.15, -0.1) is 0 Å². The number of benzene rings is 1. The normalized spacial score (nSPS) is 11.6. The van der Waals surface area contributed by atoms with Crippen molar-refractivity contribution < 1.29 is 17.9 Å². The van der Waals surface area contributed by atoms with Crippen molar-refractivity contribution in [3.05, 3.63) is 23.3 Å². The summed E-state index contributed by atoms with van der Waals surface area (Å²) in [7, 11) is -2.25. The number of methoxy groups -OCH3 is 1. The van der Waals surface area contributed by atoms with Gasteiger partial charge < -0.3 is 10.1 Å². The van der Waals surface area contributed by atoms with Gasteiger partial charge in [0.15, 0.2) is 0 Å². The van der Waals surface area contributed by atoms with Gasteiger partial charge in [0.2, 0.25) is 15.9 Å². The molecule has 0 spiro atoms. The number of hydrogen-bond donors (Lipinski definition) is 2. The molecule has 0 atom stereocenters. The summed E-state index contributed by atoms with van der Waals surface area (Å²) < 4.78 is 32.6. The Hall–Kier alpha value is -1.60. The fraction of sp³-hybridized carbons (Fsp3) is 0.588. The zero-order valence-corrected chi connectivity index (χ0v) is 15.9. The fourth-order valence-corrected chi connectivity index (χ4v) is 3.65. The molecule has 0 radical (unpaired) electrons. The van der Waals surface area contributed by atoms with E-state index in [1.54, 1.807) is 12.1 Å². The van der Waals surface area contributed by atoms with Gasteiger partial charge in [-0.25, -0.2) is 13.1 Å². The molecule has 0 unspecified atom stereocenters. The van der Waals surface area contributed by atoms with Crippen LogP contribution in [0.5, 0.6) is 5.75 Å². The Labute approximate surface area is 145 Å². The molecule has 0 aliphatic rings. The maximum atomic E-state index is 12.5. The third kappa shape index (κ3) is 5.21. The predicted octanol–water partition coefficient (Wildman–Crippen LogP) is 2.14. The van der Waals surface area contributed by atoms with Crippen LogP contribution in [0.4, 0.5) is 0 Å². The molecular weight excluding hydrogens is 328 g/mol. The number of carbonyl (C=O) groups excluding carboxylic acids is 1. The minimum Gasteiger partial charge on any atom is -0.495 e. The molecule has 0 fully saturated rings. The lowest BCUT2D eigenvalue weighted by molar-refractivity contribution is -0.125. The van der Waals surface area contributed by atoms with Gasteiger partial charge in [-0.3, -0.25) is 4.79 Å². The summed E-state index contributed by atoms with van der Waals surface area (Å²) in [5.74, 6) is 0.246. The van der Waals surface area contributed by atoms with Crippen molar-refractivity contribution in [3.8, 4) is 5.75 Å². The van der Waals surface area contributed by atoms with Gasteiger partial charge in [-0.05, 0) is 49.9 Å². The van der Waals surface area contributed by atoms with Crippen molar-refractivity contribution in [2.24, 2.45) is 5.92 Å². The van der Waals surface area contributed by atoms with Gasteiger partial charge in [-0.1, -0.05) is 13.8 Å². The number of rotatable bonds is 9. The standard InChI is InChI=1S/C17H28N2O4S/c1-6-14(7-2)17(20)18-8-9-19-24(21,22)16-11-13(4)12(3)10-15(16)23-5/h10-11,14,19H,6-9H2,1-5H3,(H,18,20). The first kappa shape index (κ1) is 20.4. The second-order valence-corrected chi connectivity index (χ2v) is 7.52. The average molecular weight is 356 g/mol. The minimum absolute atomic E-state index is 0.0264. The van der Waals surface area contributed by atoms with Crippen LogP contribution >= 0.6 is 0 Å². The van der Waals surface area contributed by atoms with Crippen molar-refractivity contribution in [3.63, 3.8) is 0 Å². The van der Waals surface area contributed by atoms with Crippen molar-refractivity contribution in [2.75, 3.05) is 20.2 Å². The lowest BCUT2D eigenvalue weighted by atomic mass is 10.0. The highest BCUT2D eigenvalue weighted by molar-refractivity contribution is 7.89. The lowest BCUT2D eigenvalue weighted by Crippen LogP contribution is -2.37. The van der Waals surface area contributed by atoms with Crippen LogP contribution in [0.3, 0.4) is 0 Å². The molecule has 0 aliphatic heterocycles. The smallest absolute Gasteiger partial charge is 0.244 e. The summed E-state index contributed by atoms with van der Waals surface area (Å²) >= 11 is 0. The Balaban J connectivity index is 2.71. The molecule has 2 N–H and O–H groups in total. The van der Waals surface area contributed by atoms with Crippen LogP contribution in [0, 0.1) is 19.8 Å². The van der Waals surface area contributed by atoms with Gasteiger partial charge >= 0.3 is 0 Å². The van der Waals surface area contributed by atoms with E-state index in [0.29, 0.717) is 5.75 Å². The first-order chi connectivity index (χ1) is 11.3. The fourth-order valence-electron chi connectivity index (χ4n) is 2.39. The van der Waals surface area contributed by atoms with Crippen LogP contribution in [-0.2, 0) is 14.8 Å². The molecule has 0 saturated carbocycles. The van der Waals surface area contributed by atoms with Crippen LogP contribution in [0.1, 0.15) is 37.8 Å².